The Labute approximate surface area is 182 Å². The van der Waals surface area contributed by atoms with Crippen LogP contribution in [0.5, 0.6) is 17.2 Å². The minimum atomic E-state index is -0.114. The van der Waals surface area contributed by atoms with Gasteiger partial charge in [-0.15, -0.1) is 11.3 Å². The van der Waals surface area contributed by atoms with Crippen molar-refractivity contribution in [3.63, 3.8) is 0 Å². The third kappa shape index (κ3) is 5.77. The van der Waals surface area contributed by atoms with Gasteiger partial charge in [0.25, 0.3) is 0 Å². The van der Waals surface area contributed by atoms with E-state index in [1.165, 1.54) is 23.8 Å². The van der Waals surface area contributed by atoms with Crippen molar-refractivity contribution in [3.8, 4) is 17.2 Å². The largest absolute Gasteiger partial charge is 0.493 e. The van der Waals surface area contributed by atoms with Crippen molar-refractivity contribution in [2.75, 3.05) is 47.5 Å². The molecule has 1 fully saturated rings. The first-order valence-corrected chi connectivity index (χ1v) is 11.0. The van der Waals surface area contributed by atoms with Crippen LogP contribution in [0.15, 0.2) is 35.7 Å². The van der Waals surface area contributed by atoms with Crippen molar-refractivity contribution < 1.29 is 19.0 Å². The Morgan fingerprint density at radius 1 is 1.17 bits per heavy atom. The van der Waals surface area contributed by atoms with Gasteiger partial charge in [0.1, 0.15) is 0 Å². The summed E-state index contributed by atoms with van der Waals surface area (Å²) < 4.78 is 16.0. The number of amides is 1. The predicted octanol–water partition coefficient (Wildman–Crippen LogP) is 3.78. The number of hydrogen-bond donors (Lipinski definition) is 1. The maximum absolute atomic E-state index is 12.2. The van der Waals surface area contributed by atoms with E-state index in [4.69, 9.17) is 14.2 Å². The summed E-state index contributed by atoms with van der Waals surface area (Å²) in [4.78, 5) is 16.1. The number of ether oxygens (including phenoxy) is 3. The van der Waals surface area contributed by atoms with Crippen molar-refractivity contribution in [1.82, 2.24) is 10.2 Å². The van der Waals surface area contributed by atoms with Gasteiger partial charge < -0.3 is 24.4 Å². The van der Waals surface area contributed by atoms with Gasteiger partial charge in [0.15, 0.2) is 11.5 Å². The number of thiophene rings is 1. The first-order valence-electron chi connectivity index (χ1n) is 10.2. The predicted molar refractivity (Wildman–Crippen MR) is 121 cm³/mol. The van der Waals surface area contributed by atoms with Crippen molar-refractivity contribution in [2.45, 2.75) is 18.8 Å². The maximum atomic E-state index is 12.2. The highest BCUT2D eigenvalue weighted by molar-refractivity contribution is 7.10. The van der Waals surface area contributed by atoms with Crippen LogP contribution in [0.3, 0.4) is 0 Å². The zero-order chi connectivity index (χ0) is 21.3. The summed E-state index contributed by atoms with van der Waals surface area (Å²) in [7, 11) is 4.70. The van der Waals surface area contributed by atoms with Crippen LogP contribution in [-0.2, 0) is 4.79 Å². The fraction of sp³-hybridized carbons (Fsp3) is 0.435. The van der Waals surface area contributed by atoms with Crippen molar-refractivity contribution >= 4 is 23.3 Å². The number of nitrogens with zero attached hydrogens (tertiary/aromatic N) is 1. The standard InChI is InChI=1S/C23H30N2O4S/c1-27-19-15-17(16-20(28-2)23(19)29-3)6-7-22(26)24-10-13-25-11-8-18(9-12-25)21-5-4-14-30-21/h4-7,14-16,18H,8-13H2,1-3H3,(H,24,26)/b7-6+. The molecule has 1 amide bonds. The Bertz CT molecular complexity index is 818. The molecule has 1 aliphatic heterocycles. The molecule has 2 aromatic rings. The molecular weight excluding hydrogens is 400 g/mol. The summed E-state index contributed by atoms with van der Waals surface area (Å²) in [6, 6.07) is 7.99. The van der Waals surface area contributed by atoms with Gasteiger partial charge in [0, 0.05) is 24.0 Å². The van der Waals surface area contributed by atoms with Crippen LogP contribution in [0, 0.1) is 0 Å². The highest BCUT2D eigenvalue weighted by Crippen LogP contribution is 2.38. The Morgan fingerprint density at radius 3 is 2.43 bits per heavy atom. The van der Waals surface area contributed by atoms with E-state index in [0.29, 0.717) is 29.7 Å². The first-order chi connectivity index (χ1) is 14.6. The van der Waals surface area contributed by atoms with Gasteiger partial charge in [0.2, 0.25) is 11.7 Å². The van der Waals surface area contributed by atoms with Gasteiger partial charge >= 0.3 is 0 Å². The number of hydrogen-bond acceptors (Lipinski definition) is 6. The van der Waals surface area contributed by atoms with Crippen molar-refractivity contribution in [3.05, 3.63) is 46.2 Å². The molecule has 7 heteroatoms. The van der Waals surface area contributed by atoms with E-state index in [-0.39, 0.29) is 5.91 Å². The average Bonchev–Trinajstić information content (AvgIpc) is 3.32. The molecule has 1 aromatic carbocycles. The molecule has 1 aromatic heterocycles. The minimum Gasteiger partial charge on any atom is -0.493 e. The fourth-order valence-electron chi connectivity index (χ4n) is 3.73. The number of piperidine rings is 1. The molecule has 6 nitrogen and oxygen atoms in total. The zero-order valence-electron chi connectivity index (χ0n) is 17.8. The van der Waals surface area contributed by atoms with Crippen LogP contribution < -0.4 is 19.5 Å². The van der Waals surface area contributed by atoms with E-state index in [1.54, 1.807) is 27.4 Å². The lowest BCUT2D eigenvalue weighted by Crippen LogP contribution is -2.38. The van der Waals surface area contributed by atoms with E-state index in [9.17, 15) is 4.79 Å². The molecule has 0 aliphatic carbocycles. The van der Waals surface area contributed by atoms with E-state index in [1.807, 2.05) is 23.5 Å². The van der Waals surface area contributed by atoms with Gasteiger partial charge in [-0.3, -0.25) is 4.79 Å². The van der Waals surface area contributed by atoms with E-state index >= 15 is 0 Å². The number of carbonyl (C=O) groups excluding carboxylic acids is 1. The Kier molecular flexibility index (Phi) is 8.16. The minimum absolute atomic E-state index is 0.114. The molecule has 0 unspecified atom stereocenters. The van der Waals surface area contributed by atoms with E-state index in [2.05, 4.69) is 27.7 Å². The second-order valence-corrected chi connectivity index (χ2v) is 8.19. The Morgan fingerprint density at radius 2 is 1.87 bits per heavy atom. The molecule has 2 heterocycles. The summed E-state index contributed by atoms with van der Waals surface area (Å²) in [5, 5.41) is 5.12. The lowest BCUT2D eigenvalue weighted by atomic mass is 9.95. The first kappa shape index (κ1) is 22.2. The normalized spacial score (nSPS) is 15.3. The summed E-state index contributed by atoms with van der Waals surface area (Å²) in [6.07, 6.45) is 5.65. The zero-order valence-corrected chi connectivity index (χ0v) is 18.7. The van der Waals surface area contributed by atoms with Crippen LogP contribution in [-0.4, -0.2) is 58.3 Å². The summed E-state index contributed by atoms with van der Waals surface area (Å²) in [5.41, 5.74) is 0.801. The molecule has 0 bridgehead atoms. The molecule has 0 spiro atoms. The van der Waals surface area contributed by atoms with Crippen molar-refractivity contribution in [1.29, 1.82) is 0 Å². The van der Waals surface area contributed by atoms with Gasteiger partial charge in [-0.2, -0.15) is 0 Å². The molecule has 162 valence electrons. The van der Waals surface area contributed by atoms with Crippen molar-refractivity contribution in [2.24, 2.45) is 0 Å². The number of nitrogens with one attached hydrogen (secondary N) is 1. The average molecular weight is 431 g/mol. The van der Waals surface area contributed by atoms with Gasteiger partial charge in [0.05, 0.1) is 21.3 Å². The van der Waals surface area contributed by atoms with E-state index < -0.39 is 0 Å². The second-order valence-electron chi connectivity index (χ2n) is 7.21. The third-order valence-electron chi connectivity index (χ3n) is 5.37. The number of benzene rings is 1. The number of rotatable bonds is 9. The molecule has 0 saturated carbocycles. The van der Waals surface area contributed by atoms with Gasteiger partial charge in [-0.05, 0) is 67.1 Å². The van der Waals surface area contributed by atoms with Gasteiger partial charge in [-0.1, -0.05) is 6.07 Å². The topological polar surface area (TPSA) is 60.0 Å². The highest BCUT2D eigenvalue weighted by atomic mass is 32.1. The Hall–Kier alpha value is -2.51. The Balaban J connectivity index is 1.44. The van der Waals surface area contributed by atoms with Crippen LogP contribution in [0.1, 0.15) is 29.2 Å². The van der Waals surface area contributed by atoms with Gasteiger partial charge in [-0.25, -0.2) is 0 Å². The smallest absolute Gasteiger partial charge is 0.244 e. The molecular formula is C23H30N2O4S. The number of likely N-dealkylation sites (tertiary alicyclic amines) is 1. The molecule has 30 heavy (non-hydrogen) atoms. The molecule has 1 aliphatic rings. The molecule has 3 rings (SSSR count). The SMILES string of the molecule is COc1cc(/C=C/C(=O)NCCN2CCC(c3cccs3)CC2)cc(OC)c1OC. The van der Waals surface area contributed by atoms with E-state index in [0.717, 1.165) is 25.2 Å². The van der Waals surface area contributed by atoms with Crippen LogP contribution >= 0.6 is 11.3 Å². The quantitative estimate of drug-likeness (QED) is 0.614. The lowest BCUT2D eigenvalue weighted by molar-refractivity contribution is -0.116. The molecule has 0 atom stereocenters. The number of carbonyl (C=O) groups is 1. The molecule has 1 saturated heterocycles. The lowest BCUT2D eigenvalue weighted by Gasteiger charge is -2.31. The van der Waals surface area contributed by atoms with Crippen LogP contribution in [0.25, 0.3) is 6.08 Å². The fourth-order valence-corrected chi connectivity index (χ4v) is 4.63. The molecule has 0 radical (unpaired) electrons. The maximum Gasteiger partial charge on any atom is 0.244 e. The summed E-state index contributed by atoms with van der Waals surface area (Å²) in [6.45, 7) is 3.68. The number of methoxy groups -OCH3 is 3. The van der Waals surface area contributed by atoms with Crippen LogP contribution in [0.4, 0.5) is 0 Å². The summed E-state index contributed by atoms with van der Waals surface area (Å²) in [5.74, 6) is 2.23. The second kappa shape index (κ2) is 11.0. The molecule has 1 N–H and O–H groups in total. The summed E-state index contributed by atoms with van der Waals surface area (Å²) >= 11 is 1.86. The monoisotopic (exact) mass is 430 g/mol. The van der Waals surface area contributed by atoms with Crippen LogP contribution in [0.2, 0.25) is 0 Å². The highest BCUT2D eigenvalue weighted by Gasteiger charge is 2.20. The third-order valence-corrected chi connectivity index (χ3v) is 6.41.